The zero-order valence-corrected chi connectivity index (χ0v) is 17.5. The summed E-state index contributed by atoms with van der Waals surface area (Å²) in [7, 11) is -3.75. The normalized spacial score (nSPS) is 11.6. The highest BCUT2D eigenvalue weighted by Crippen LogP contribution is 2.30. The number of benzene rings is 2. The highest BCUT2D eigenvalue weighted by Gasteiger charge is 2.24. The number of nitrogens with one attached hydrogen (secondary N) is 1. The Balaban J connectivity index is 1.88. The van der Waals surface area contributed by atoms with E-state index in [-0.39, 0.29) is 5.82 Å². The first-order chi connectivity index (χ1) is 13.1. The van der Waals surface area contributed by atoms with E-state index in [1.165, 1.54) is 18.3 Å². The van der Waals surface area contributed by atoms with Crippen molar-refractivity contribution in [3.05, 3.63) is 75.9 Å². The van der Waals surface area contributed by atoms with Gasteiger partial charge in [-0.3, -0.25) is 9.40 Å². The lowest BCUT2D eigenvalue weighted by Crippen LogP contribution is -2.17. The Labute approximate surface area is 165 Å². The third-order valence-corrected chi connectivity index (χ3v) is 7.00. The predicted octanol–water partition coefficient (Wildman–Crippen LogP) is 4.41. The van der Waals surface area contributed by atoms with Gasteiger partial charge in [0, 0.05) is 6.20 Å². The molecule has 7 heteroatoms. The van der Waals surface area contributed by atoms with Crippen LogP contribution in [0.3, 0.4) is 0 Å². The van der Waals surface area contributed by atoms with Crippen LogP contribution in [-0.2, 0) is 16.6 Å². The highest BCUT2D eigenvalue weighted by molar-refractivity contribution is 7.92. The Morgan fingerprint density at radius 3 is 2.04 bits per heavy atom. The lowest BCUT2D eigenvalue weighted by atomic mass is 9.95. The number of hydrogen-bond donors (Lipinski definition) is 1. The number of aromatic nitrogens is 2. The third-order valence-electron chi connectivity index (χ3n) is 5.34. The fourth-order valence-corrected chi connectivity index (χ4v) is 4.98. The fourth-order valence-electron chi connectivity index (χ4n) is 3.35. The van der Waals surface area contributed by atoms with Gasteiger partial charge in [0.2, 0.25) is 0 Å². The minimum atomic E-state index is -3.75. The molecule has 0 fully saturated rings. The molecule has 0 amide bonds. The van der Waals surface area contributed by atoms with Crippen LogP contribution >= 0.6 is 0 Å². The van der Waals surface area contributed by atoms with Gasteiger partial charge in [0.05, 0.1) is 23.3 Å². The van der Waals surface area contributed by atoms with Crippen LogP contribution in [-0.4, -0.2) is 18.2 Å². The van der Waals surface area contributed by atoms with Crippen LogP contribution in [0.15, 0.2) is 41.6 Å². The zero-order chi connectivity index (χ0) is 20.6. The number of halogens is 1. The van der Waals surface area contributed by atoms with Crippen molar-refractivity contribution in [3.8, 4) is 0 Å². The third kappa shape index (κ3) is 3.80. The average Bonchev–Trinajstić information content (AvgIpc) is 3.06. The molecule has 1 aromatic heterocycles. The van der Waals surface area contributed by atoms with Crippen LogP contribution in [0, 0.1) is 40.4 Å². The first kappa shape index (κ1) is 20.1. The van der Waals surface area contributed by atoms with Crippen molar-refractivity contribution >= 4 is 15.7 Å². The molecule has 0 bridgehead atoms. The van der Waals surface area contributed by atoms with Gasteiger partial charge in [0.15, 0.2) is 0 Å². The molecule has 0 saturated carbocycles. The van der Waals surface area contributed by atoms with Crippen molar-refractivity contribution in [1.29, 1.82) is 0 Å². The van der Waals surface area contributed by atoms with E-state index in [1.807, 2.05) is 34.6 Å². The highest BCUT2D eigenvalue weighted by atomic mass is 32.2. The largest absolute Gasteiger partial charge is 0.276 e. The van der Waals surface area contributed by atoms with Gasteiger partial charge in [0.1, 0.15) is 5.82 Å². The van der Waals surface area contributed by atoms with E-state index < -0.39 is 10.0 Å². The van der Waals surface area contributed by atoms with Crippen molar-refractivity contribution < 1.29 is 12.8 Å². The summed E-state index contributed by atoms with van der Waals surface area (Å²) in [4.78, 5) is 0.319. The van der Waals surface area contributed by atoms with Crippen LogP contribution in [0.2, 0.25) is 0 Å². The second-order valence-corrected chi connectivity index (χ2v) is 8.73. The van der Waals surface area contributed by atoms with Crippen molar-refractivity contribution in [2.45, 2.75) is 46.1 Å². The minimum Gasteiger partial charge on any atom is -0.276 e. The van der Waals surface area contributed by atoms with Gasteiger partial charge in [-0.2, -0.15) is 5.10 Å². The van der Waals surface area contributed by atoms with E-state index >= 15 is 0 Å². The van der Waals surface area contributed by atoms with Crippen molar-refractivity contribution in [1.82, 2.24) is 9.78 Å². The zero-order valence-electron chi connectivity index (χ0n) is 16.7. The molecule has 2 aromatic carbocycles. The molecule has 28 heavy (non-hydrogen) atoms. The van der Waals surface area contributed by atoms with Gasteiger partial charge in [-0.05, 0) is 80.1 Å². The second kappa shape index (κ2) is 7.39. The Morgan fingerprint density at radius 2 is 1.46 bits per heavy atom. The molecule has 0 aliphatic heterocycles. The number of sulfonamides is 1. The first-order valence-corrected chi connectivity index (χ1v) is 10.4. The summed E-state index contributed by atoms with van der Waals surface area (Å²) in [6, 6.07) is 6.11. The molecule has 3 rings (SSSR count). The lowest BCUT2D eigenvalue weighted by Gasteiger charge is -2.19. The molecule has 0 aliphatic carbocycles. The van der Waals surface area contributed by atoms with E-state index in [9.17, 15) is 12.8 Å². The number of rotatable bonds is 5. The van der Waals surface area contributed by atoms with Crippen LogP contribution < -0.4 is 4.72 Å². The van der Waals surface area contributed by atoms with E-state index in [0.29, 0.717) is 17.1 Å². The van der Waals surface area contributed by atoms with Crippen molar-refractivity contribution in [3.63, 3.8) is 0 Å². The molecule has 0 spiro atoms. The van der Waals surface area contributed by atoms with Crippen molar-refractivity contribution in [2.24, 2.45) is 0 Å². The molecule has 3 aromatic rings. The SMILES string of the molecule is Cc1c(C)c(C)c(S(=O)(=O)Nc2cnn(Cc3ccc(F)cc3)c2)c(C)c1C. The van der Waals surface area contributed by atoms with Gasteiger partial charge in [-0.1, -0.05) is 12.1 Å². The van der Waals surface area contributed by atoms with Crippen LogP contribution in [0.5, 0.6) is 0 Å². The molecule has 0 unspecified atom stereocenters. The quantitative estimate of drug-likeness (QED) is 0.689. The molecule has 1 N–H and O–H groups in total. The monoisotopic (exact) mass is 401 g/mol. The Morgan fingerprint density at radius 1 is 0.929 bits per heavy atom. The molecule has 0 atom stereocenters. The van der Waals surface area contributed by atoms with E-state index in [0.717, 1.165) is 33.4 Å². The molecular formula is C21H24FN3O2S. The fraction of sp³-hybridized carbons (Fsp3) is 0.286. The summed E-state index contributed by atoms with van der Waals surface area (Å²) >= 11 is 0. The summed E-state index contributed by atoms with van der Waals surface area (Å²) in [5.74, 6) is -0.299. The van der Waals surface area contributed by atoms with E-state index in [4.69, 9.17) is 0 Å². The van der Waals surface area contributed by atoms with Gasteiger partial charge < -0.3 is 0 Å². The Bertz CT molecular complexity index is 1100. The molecule has 148 valence electrons. The maximum absolute atomic E-state index is 13.1. The minimum absolute atomic E-state index is 0.299. The number of nitrogens with zero attached hydrogens (tertiary/aromatic N) is 2. The lowest BCUT2D eigenvalue weighted by molar-refractivity contribution is 0.599. The molecule has 0 aliphatic rings. The topological polar surface area (TPSA) is 64.0 Å². The molecular weight excluding hydrogens is 377 g/mol. The van der Waals surface area contributed by atoms with Crippen LogP contribution in [0.25, 0.3) is 0 Å². The summed E-state index contributed by atoms with van der Waals surface area (Å²) in [5.41, 5.74) is 5.85. The number of hydrogen-bond acceptors (Lipinski definition) is 3. The van der Waals surface area contributed by atoms with Crippen LogP contribution in [0.4, 0.5) is 10.1 Å². The first-order valence-electron chi connectivity index (χ1n) is 8.97. The smallest absolute Gasteiger partial charge is 0.262 e. The number of anilines is 1. The standard InChI is InChI=1S/C21H24FN3O2S/c1-13-14(2)16(4)21(17(5)15(13)3)28(26,27)24-20-10-23-25(12-20)11-18-6-8-19(22)9-7-18/h6-10,12,24H,11H2,1-5H3. The maximum Gasteiger partial charge on any atom is 0.262 e. The van der Waals surface area contributed by atoms with Crippen molar-refractivity contribution in [2.75, 3.05) is 4.72 Å². The van der Waals surface area contributed by atoms with Gasteiger partial charge in [-0.25, -0.2) is 12.8 Å². The predicted molar refractivity (Wildman–Crippen MR) is 109 cm³/mol. The average molecular weight is 402 g/mol. The van der Waals surface area contributed by atoms with Gasteiger partial charge in [0.25, 0.3) is 10.0 Å². The van der Waals surface area contributed by atoms with Gasteiger partial charge >= 0.3 is 0 Å². The molecule has 5 nitrogen and oxygen atoms in total. The van der Waals surface area contributed by atoms with Crippen LogP contribution in [0.1, 0.15) is 33.4 Å². The summed E-state index contributed by atoms with van der Waals surface area (Å²) < 4.78 is 43.4. The summed E-state index contributed by atoms with van der Waals surface area (Å²) in [6.45, 7) is 9.98. The van der Waals surface area contributed by atoms with Gasteiger partial charge in [-0.15, -0.1) is 0 Å². The molecule has 0 saturated heterocycles. The summed E-state index contributed by atoms with van der Waals surface area (Å²) in [6.07, 6.45) is 3.10. The van der Waals surface area contributed by atoms with E-state index in [1.54, 1.807) is 23.0 Å². The molecule has 1 heterocycles. The molecule has 0 radical (unpaired) electrons. The maximum atomic E-state index is 13.1. The summed E-state index contributed by atoms with van der Waals surface area (Å²) in [5, 5.41) is 4.20. The Hall–Kier alpha value is -2.67. The second-order valence-electron chi connectivity index (χ2n) is 7.11. The van der Waals surface area contributed by atoms with E-state index in [2.05, 4.69) is 9.82 Å². The Kier molecular flexibility index (Phi) is 5.30.